The number of rotatable bonds is 13. The van der Waals surface area contributed by atoms with Gasteiger partial charge in [-0.3, -0.25) is 4.79 Å². The molecule has 2 aliphatic heterocycles. The highest BCUT2D eigenvalue weighted by atomic mass is 16.5. The van der Waals surface area contributed by atoms with Crippen LogP contribution in [-0.4, -0.2) is 133 Å². The van der Waals surface area contributed by atoms with Crippen LogP contribution in [0.15, 0.2) is 46.8 Å². The average Bonchev–Trinajstić information content (AvgIpc) is 3.60. The third-order valence-electron chi connectivity index (χ3n) is 20.3. The van der Waals surface area contributed by atoms with Crippen molar-refractivity contribution in [2.75, 3.05) is 26.7 Å². The van der Waals surface area contributed by atoms with E-state index < -0.39 is 87.5 Å². The van der Waals surface area contributed by atoms with E-state index in [0.29, 0.717) is 63.0 Å². The Morgan fingerprint density at radius 1 is 1.03 bits per heavy atom. The van der Waals surface area contributed by atoms with E-state index in [1.54, 1.807) is 13.8 Å². The van der Waals surface area contributed by atoms with Crippen LogP contribution in [0, 0.1) is 57.7 Å². The molecular formula is C54H86N4O10. The van der Waals surface area contributed by atoms with Crippen molar-refractivity contribution < 1.29 is 50.4 Å². The van der Waals surface area contributed by atoms with E-state index in [9.17, 15) is 40.9 Å². The topological polar surface area (TPSA) is 250 Å². The van der Waals surface area contributed by atoms with Crippen LogP contribution < -0.4 is 21.7 Å². The summed E-state index contributed by atoms with van der Waals surface area (Å²) in [6.07, 6.45) is 13.1. The van der Waals surface area contributed by atoms with Crippen LogP contribution in [0.5, 0.6) is 0 Å². The summed E-state index contributed by atoms with van der Waals surface area (Å²) >= 11 is 0. The second-order valence-corrected chi connectivity index (χ2v) is 24.1. The van der Waals surface area contributed by atoms with Crippen molar-refractivity contribution in [1.82, 2.24) is 16.0 Å². The molecule has 1 spiro atoms. The average molecular weight is 951 g/mol. The van der Waals surface area contributed by atoms with Crippen LogP contribution in [0.3, 0.4) is 0 Å². The van der Waals surface area contributed by atoms with Gasteiger partial charge in [-0.2, -0.15) is 0 Å². The van der Waals surface area contributed by atoms with Crippen LogP contribution in [0.1, 0.15) is 137 Å². The second-order valence-electron chi connectivity index (χ2n) is 24.1. The molecule has 0 amide bonds. The van der Waals surface area contributed by atoms with Gasteiger partial charge in [0.2, 0.25) is 0 Å². The number of allylic oxidation sites excluding steroid dienone is 5. The minimum atomic E-state index is -1.83. The predicted octanol–water partition coefficient (Wildman–Crippen LogP) is 3.35. The van der Waals surface area contributed by atoms with Crippen molar-refractivity contribution >= 4 is 5.78 Å². The molecule has 20 atom stereocenters. The van der Waals surface area contributed by atoms with Gasteiger partial charge in [0.15, 0.2) is 5.78 Å². The number of hydrogen-bond acceptors (Lipinski definition) is 14. The molecule has 0 aromatic heterocycles. The lowest BCUT2D eigenvalue weighted by Crippen LogP contribution is -2.72. The fourth-order valence-corrected chi connectivity index (χ4v) is 17.5. The van der Waals surface area contributed by atoms with Gasteiger partial charge in [-0.05, 0) is 151 Å². The molecule has 9 rings (SSSR count). The lowest BCUT2D eigenvalue weighted by Gasteiger charge is -2.68. The maximum Gasteiger partial charge on any atom is 0.182 e. The molecule has 2 heterocycles. The number of nitrogens with one attached hydrogen (secondary N) is 3. The molecule has 14 nitrogen and oxygen atoms in total. The first-order valence-corrected chi connectivity index (χ1v) is 26.7. The van der Waals surface area contributed by atoms with Crippen molar-refractivity contribution in [3.63, 3.8) is 0 Å². The van der Waals surface area contributed by atoms with Crippen LogP contribution in [-0.2, 0) is 9.53 Å². The largest absolute Gasteiger partial charge is 0.396 e. The van der Waals surface area contributed by atoms with Crippen molar-refractivity contribution in [1.29, 1.82) is 0 Å². The summed E-state index contributed by atoms with van der Waals surface area (Å²) in [6, 6.07) is 0. The summed E-state index contributed by atoms with van der Waals surface area (Å²) in [5, 5.41) is 108. The Balaban J connectivity index is 1.22. The Hall–Kier alpha value is -2.21. The zero-order chi connectivity index (χ0) is 48.8. The number of carbonyl (C=O) groups excluding carboxylic acids is 1. The first-order valence-electron chi connectivity index (χ1n) is 26.7. The molecule has 0 aromatic rings. The van der Waals surface area contributed by atoms with E-state index in [0.717, 1.165) is 43.4 Å². The molecule has 20 unspecified atom stereocenters. The standard InChI is InChI=1S/C54H86N4O10/c1-6-9-31-12-14-34-40(16-13-31)68-48-43(34)37(61)11-7-20-54(48,67)50(4,65)41-19-22-53(66)44-45(57-27-30(2)60)46(64)35-24-38(62)39(63)26-52(35)25-32(33-15-17-42(55)58-36(33)10-8-23-59)18-21-51(29-56-5,47(44)52)28-49(41,53)3/h15,17-18,21,30-32,34-35,37-43,47-48,56-63,65-67H,6-14,16,19-20,22-29,55H2,1-5H3. The maximum absolute atomic E-state index is 15.7. The van der Waals surface area contributed by atoms with Gasteiger partial charge in [0.25, 0.3) is 0 Å². The normalized spacial score (nSPS) is 47.9. The third-order valence-corrected chi connectivity index (χ3v) is 20.3. The van der Waals surface area contributed by atoms with Gasteiger partial charge < -0.3 is 67.3 Å². The highest BCUT2D eigenvalue weighted by Gasteiger charge is 2.78. The lowest BCUT2D eigenvalue weighted by molar-refractivity contribution is -0.258. The highest BCUT2D eigenvalue weighted by Crippen LogP contribution is 2.76. The smallest absolute Gasteiger partial charge is 0.182 e. The molecule has 7 aliphatic carbocycles. The van der Waals surface area contributed by atoms with E-state index >= 15 is 4.79 Å². The molecule has 1 saturated heterocycles. The van der Waals surface area contributed by atoms with Crippen LogP contribution in [0.4, 0.5) is 0 Å². The highest BCUT2D eigenvalue weighted by molar-refractivity contribution is 6.00. The molecule has 0 aromatic carbocycles. The first kappa shape index (κ1) is 50.7. The van der Waals surface area contributed by atoms with Gasteiger partial charge in [0, 0.05) is 59.9 Å². The molecule has 14 heteroatoms. The molecule has 0 bridgehead atoms. The zero-order valence-corrected chi connectivity index (χ0v) is 41.5. The van der Waals surface area contributed by atoms with Crippen molar-refractivity contribution in [2.45, 2.75) is 196 Å². The number of Topliss-reactive ketones (excluding diaryl/α,β-unsaturated/α-hetero) is 1. The van der Waals surface area contributed by atoms with Crippen molar-refractivity contribution in [3.8, 4) is 0 Å². The molecule has 0 radical (unpaired) electrons. The van der Waals surface area contributed by atoms with E-state index in [-0.39, 0.29) is 74.2 Å². The molecular weight excluding hydrogens is 865 g/mol. The predicted molar refractivity (Wildman–Crippen MR) is 258 cm³/mol. The molecule has 6 fully saturated rings. The first-order chi connectivity index (χ1) is 32.3. The number of nitrogens with two attached hydrogens (primary N) is 1. The van der Waals surface area contributed by atoms with E-state index in [4.69, 9.17) is 10.5 Å². The quantitative estimate of drug-likeness (QED) is 0.119. The Morgan fingerprint density at radius 2 is 1.79 bits per heavy atom. The number of ketones is 1. The van der Waals surface area contributed by atoms with Crippen molar-refractivity contribution in [2.24, 2.45) is 63.4 Å². The summed E-state index contributed by atoms with van der Waals surface area (Å²) in [7, 11) is 1.90. The molecule has 68 heavy (non-hydrogen) atoms. The van der Waals surface area contributed by atoms with Gasteiger partial charge >= 0.3 is 0 Å². The SMILES string of the molecule is CCCC1CCC2OC3C(C(O)CCCC3(O)C(C)(O)C3CCC4(O)C5=C(NCC(C)O)C(=O)C6CC(O)C(O)CC67CC(C6=C(CCCO)NC(N)C=C6)C=CC(CNC)(CC34C)C57)C2CC1. The van der Waals surface area contributed by atoms with Crippen LogP contribution in [0.25, 0.3) is 0 Å². The summed E-state index contributed by atoms with van der Waals surface area (Å²) in [6.45, 7) is 8.10. The number of fused-ring (bicyclic) bond motifs is 5. The summed E-state index contributed by atoms with van der Waals surface area (Å²) < 4.78 is 7.06. The third kappa shape index (κ3) is 7.78. The minimum Gasteiger partial charge on any atom is -0.396 e. The van der Waals surface area contributed by atoms with Crippen LogP contribution in [0.2, 0.25) is 0 Å². The van der Waals surface area contributed by atoms with Gasteiger partial charge in [-0.15, -0.1) is 0 Å². The summed E-state index contributed by atoms with van der Waals surface area (Å²) in [5.41, 5.74) is 0.782. The Morgan fingerprint density at radius 3 is 2.51 bits per heavy atom. The number of carbonyl (C=O) groups is 1. The Kier molecular flexibility index (Phi) is 13.9. The van der Waals surface area contributed by atoms with E-state index in [1.807, 2.05) is 26.1 Å². The van der Waals surface area contributed by atoms with Crippen molar-refractivity contribution in [3.05, 3.63) is 46.8 Å². The van der Waals surface area contributed by atoms with E-state index in [1.165, 1.54) is 6.42 Å². The molecule has 5 saturated carbocycles. The fraction of sp³-hybridized carbons (Fsp3) is 0.833. The number of ether oxygens (including phenoxy) is 1. The Labute approximate surface area is 404 Å². The minimum absolute atomic E-state index is 0.00176. The maximum atomic E-state index is 15.7. The van der Waals surface area contributed by atoms with E-state index in [2.05, 4.69) is 35.0 Å². The zero-order valence-electron chi connectivity index (χ0n) is 41.5. The molecule has 382 valence electrons. The number of aliphatic hydroxyl groups is 8. The molecule has 13 N–H and O–H groups in total. The van der Waals surface area contributed by atoms with Crippen LogP contribution >= 0.6 is 0 Å². The van der Waals surface area contributed by atoms with Gasteiger partial charge in [0.05, 0.1) is 59.7 Å². The summed E-state index contributed by atoms with van der Waals surface area (Å²) in [4.78, 5) is 15.7. The molecule has 9 aliphatic rings. The van der Waals surface area contributed by atoms with Gasteiger partial charge in [0.1, 0.15) is 5.60 Å². The summed E-state index contributed by atoms with van der Waals surface area (Å²) in [5.74, 6) is -2.23. The number of hydrogen-bond donors (Lipinski definition) is 12. The Bertz CT molecular complexity index is 2020. The fourth-order valence-electron chi connectivity index (χ4n) is 17.5. The number of aliphatic hydroxyl groups excluding tert-OH is 5. The van der Waals surface area contributed by atoms with Gasteiger partial charge in [-0.1, -0.05) is 51.3 Å². The lowest BCUT2D eigenvalue weighted by atomic mass is 9.37. The number of dihydropyridines is 1. The monoisotopic (exact) mass is 951 g/mol. The second kappa shape index (κ2) is 18.7. The van der Waals surface area contributed by atoms with Gasteiger partial charge in [-0.25, -0.2) is 0 Å².